The van der Waals surface area contributed by atoms with Gasteiger partial charge in [0.1, 0.15) is 0 Å². The average Bonchev–Trinajstić information content (AvgIpc) is 3.55. The number of hydrogen-bond acceptors (Lipinski definition) is 4. The number of carboxylic acids is 1. The zero-order valence-corrected chi connectivity index (χ0v) is 21.4. The van der Waals surface area contributed by atoms with Gasteiger partial charge in [-0.1, -0.05) is 42.8 Å². The number of hydrogen-bond donors (Lipinski definition) is 1. The van der Waals surface area contributed by atoms with Crippen molar-refractivity contribution in [3.05, 3.63) is 84.2 Å². The number of nitrogens with zero attached hydrogens (tertiary/aromatic N) is 3. The van der Waals surface area contributed by atoms with Gasteiger partial charge in [-0.15, -0.1) is 0 Å². The first-order valence-electron chi connectivity index (χ1n) is 12.9. The molecule has 2 saturated carbocycles. The van der Waals surface area contributed by atoms with Crippen molar-refractivity contribution < 1.29 is 14.7 Å². The number of fused-ring (bicyclic) bond motifs is 2. The molecule has 6 nitrogen and oxygen atoms in total. The second-order valence-electron chi connectivity index (χ2n) is 10.5. The largest absolute Gasteiger partial charge is 0.478 e. The highest BCUT2D eigenvalue weighted by Gasteiger charge is 2.44. The molecule has 2 aliphatic rings. The highest BCUT2D eigenvalue weighted by molar-refractivity contribution is 5.95. The van der Waals surface area contributed by atoms with Crippen LogP contribution in [0.25, 0.3) is 17.2 Å². The van der Waals surface area contributed by atoms with Gasteiger partial charge in [0.15, 0.2) is 0 Å². The number of anilines is 2. The van der Waals surface area contributed by atoms with E-state index in [1.165, 1.54) is 12.5 Å². The first-order chi connectivity index (χ1) is 17.9. The van der Waals surface area contributed by atoms with Crippen molar-refractivity contribution in [1.29, 1.82) is 0 Å². The Morgan fingerprint density at radius 1 is 0.946 bits per heavy atom. The smallest absolute Gasteiger partial charge is 0.328 e. The third kappa shape index (κ3) is 5.58. The quantitative estimate of drug-likeness (QED) is 0.395. The number of pyridine rings is 1. The Kier molecular flexibility index (Phi) is 7.08. The van der Waals surface area contributed by atoms with Crippen LogP contribution in [0.2, 0.25) is 0 Å². The second-order valence-corrected chi connectivity index (χ2v) is 10.5. The lowest BCUT2D eigenvalue weighted by Crippen LogP contribution is -2.38. The topological polar surface area (TPSA) is 73.7 Å². The van der Waals surface area contributed by atoms with Gasteiger partial charge in [0, 0.05) is 38.0 Å². The zero-order valence-electron chi connectivity index (χ0n) is 21.4. The fourth-order valence-corrected chi connectivity index (χ4v) is 5.83. The van der Waals surface area contributed by atoms with Crippen molar-refractivity contribution in [2.45, 2.75) is 32.2 Å². The Labute approximate surface area is 218 Å². The van der Waals surface area contributed by atoms with Gasteiger partial charge < -0.3 is 14.9 Å². The van der Waals surface area contributed by atoms with E-state index in [-0.39, 0.29) is 11.8 Å². The normalized spacial score (nSPS) is 20.3. The summed E-state index contributed by atoms with van der Waals surface area (Å²) in [6.07, 6.45) is 10.4. The summed E-state index contributed by atoms with van der Waals surface area (Å²) >= 11 is 0. The van der Waals surface area contributed by atoms with E-state index < -0.39 is 5.97 Å². The molecule has 0 aliphatic heterocycles. The Bertz CT molecular complexity index is 1300. The number of carboxylic acid groups (broad SMARTS) is 1. The highest BCUT2D eigenvalue weighted by atomic mass is 16.4. The molecule has 6 heteroatoms. The van der Waals surface area contributed by atoms with Crippen LogP contribution in [0.3, 0.4) is 0 Å². The third-order valence-corrected chi connectivity index (χ3v) is 7.81. The Hall–Kier alpha value is -3.93. The molecule has 37 heavy (non-hydrogen) atoms. The maximum atomic E-state index is 13.9. The van der Waals surface area contributed by atoms with Gasteiger partial charge in [0.05, 0.1) is 18.4 Å². The highest BCUT2D eigenvalue weighted by Crippen LogP contribution is 2.49. The fourth-order valence-electron chi connectivity index (χ4n) is 5.83. The summed E-state index contributed by atoms with van der Waals surface area (Å²) in [6, 6.07) is 18.7. The lowest BCUT2D eigenvalue weighted by Gasteiger charge is -2.30. The number of aromatic nitrogens is 1. The number of benzene rings is 2. The molecule has 2 fully saturated rings. The third-order valence-electron chi connectivity index (χ3n) is 7.81. The van der Waals surface area contributed by atoms with Crippen LogP contribution in [-0.2, 0) is 16.1 Å². The first-order valence-corrected chi connectivity index (χ1v) is 12.9. The molecule has 1 aromatic heterocycles. The minimum absolute atomic E-state index is 0.0476. The van der Waals surface area contributed by atoms with Crippen LogP contribution in [-0.4, -0.2) is 36.1 Å². The average molecular weight is 496 g/mol. The monoisotopic (exact) mass is 495 g/mol. The van der Waals surface area contributed by atoms with Gasteiger partial charge in [-0.2, -0.15) is 0 Å². The van der Waals surface area contributed by atoms with Crippen LogP contribution in [0.5, 0.6) is 0 Å². The SMILES string of the molecule is CN(C)c1ccc(-c2ccc(CN(C(=O)[C@@H]3C[C@@H]4CC[C@H]3C4)c3cncc(C=CC(=O)O)c3)cc2)cc1. The summed E-state index contributed by atoms with van der Waals surface area (Å²) in [5.74, 6) is 0.317. The molecule has 1 N–H and O–H groups in total. The maximum Gasteiger partial charge on any atom is 0.328 e. The Morgan fingerprint density at radius 2 is 1.65 bits per heavy atom. The van der Waals surface area contributed by atoms with Gasteiger partial charge in [-0.3, -0.25) is 9.78 Å². The summed E-state index contributed by atoms with van der Waals surface area (Å²) in [5, 5.41) is 9.01. The van der Waals surface area contributed by atoms with Crippen molar-refractivity contribution in [3.63, 3.8) is 0 Å². The molecule has 3 atom stereocenters. The molecule has 5 rings (SSSR count). The van der Waals surface area contributed by atoms with Crippen molar-refractivity contribution in [3.8, 4) is 11.1 Å². The fraction of sp³-hybridized carbons (Fsp3) is 0.323. The molecule has 190 valence electrons. The van der Waals surface area contributed by atoms with E-state index in [0.29, 0.717) is 29.6 Å². The van der Waals surface area contributed by atoms with Crippen LogP contribution < -0.4 is 9.80 Å². The van der Waals surface area contributed by atoms with Gasteiger partial charge in [-0.05, 0) is 77.6 Å². The van der Waals surface area contributed by atoms with Crippen LogP contribution >= 0.6 is 0 Å². The summed E-state index contributed by atoms with van der Waals surface area (Å²) in [4.78, 5) is 33.1. The van der Waals surface area contributed by atoms with Gasteiger partial charge in [0.25, 0.3) is 0 Å². The van der Waals surface area contributed by atoms with Crippen LogP contribution in [0.4, 0.5) is 11.4 Å². The molecule has 1 amide bonds. The number of rotatable bonds is 8. The van der Waals surface area contributed by atoms with E-state index in [0.717, 1.165) is 47.7 Å². The Morgan fingerprint density at radius 3 is 2.24 bits per heavy atom. The molecule has 2 aromatic carbocycles. The summed E-state index contributed by atoms with van der Waals surface area (Å²) in [7, 11) is 4.06. The zero-order chi connectivity index (χ0) is 25.9. The summed E-state index contributed by atoms with van der Waals surface area (Å²) < 4.78 is 0. The molecule has 0 unspecified atom stereocenters. The predicted octanol–water partition coefficient (Wildman–Crippen LogP) is 5.88. The molecule has 0 radical (unpaired) electrons. The minimum Gasteiger partial charge on any atom is -0.478 e. The van der Waals surface area contributed by atoms with E-state index in [1.807, 2.05) is 25.1 Å². The number of aliphatic carboxylic acids is 1. The van der Waals surface area contributed by atoms with E-state index in [4.69, 9.17) is 5.11 Å². The van der Waals surface area contributed by atoms with Gasteiger partial charge in [-0.25, -0.2) is 4.79 Å². The summed E-state index contributed by atoms with van der Waals surface area (Å²) in [5.41, 5.74) is 5.82. The van der Waals surface area contributed by atoms with E-state index in [1.54, 1.807) is 12.4 Å². The summed E-state index contributed by atoms with van der Waals surface area (Å²) in [6.45, 7) is 0.445. The number of carbonyl (C=O) groups is 2. The number of carbonyl (C=O) groups excluding carboxylic acids is 1. The van der Waals surface area contributed by atoms with Crippen LogP contribution in [0, 0.1) is 17.8 Å². The molecular weight excluding hydrogens is 462 g/mol. The van der Waals surface area contributed by atoms with Crippen LogP contribution in [0.1, 0.15) is 36.8 Å². The first kappa shape index (κ1) is 24.8. The maximum absolute atomic E-state index is 13.9. The lowest BCUT2D eigenvalue weighted by molar-refractivity contribution is -0.131. The van der Waals surface area contributed by atoms with E-state index in [2.05, 4.69) is 58.4 Å². The van der Waals surface area contributed by atoms with Gasteiger partial charge >= 0.3 is 5.97 Å². The number of amides is 1. The van der Waals surface area contributed by atoms with Crippen molar-refractivity contribution in [2.24, 2.45) is 17.8 Å². The van der Waals surface area contributed by atoms with Crippen LogP contribution in [0.15, 0.2) is 73.1 Å². The minimum atomic E-state index is -1.02. The molecule has 1 heterocycles. The molecule has 3 aromatic rings. The Balaban J connectivity index is 1.40. The van der Waals surface area contributed by atoms with Crippen molar-refractivity contribution >= 4 is 29.3 Å². The predicted molar refractivity (Wildman–Crippen MR) is 147 cm³/mol. The molecule has 2 aliphatic carbocycles. The van der Waals surface area contributed by atoms with E-state index in [9.17, 15) is 9.59 Å². The molecule has 0 saturated heterocycles. The molecule has 0 spiro atoms. The van der Waals surface area contributed by atoms with E-state index >= 15 is 0 Å². The lowest BCUT2D eigenvalue weighted by atomic mass is 9.87. The van der Waals surface area contributed by atoms with Gasteiger partial charge in [0.2, 0.25) is 5.91 Å². The molecular formula is C31H33N3O3. The standard InChI is InChI=1S/C31H33N3O3/c1-33(2)27-12-10-25(11-13-27)24-7-3-21(4-8-24)20-34(31(37)29-17-22-5-9-26(29)15-22)28-16-23(18-32-19-28)6-14-30(35)36/h3-4,6-8,10-14,16,18-19,22,26,29H,5,9,15,17,20H2,1-2H3,(H,35,36)/t22-,26+,29-/m1/s1. The second kappa shape index (κ2) is 10.6. The van der Waals surface area contributed by atoms with Crippen molar-refractivity contribution in [2.75, 3.05) is 23.9 Å². The molecule has 2 bridgehead atoms. The van der Waals surface area contributed by atoms with Crippen molar-refractivity contribution in [1.82, 2.24) is 4.98 Å².